The zero-order valence-corrected chi connectivity index (χ0v) is 15.3. The van der Waals surface area contributed by atoms with E-state index in [1.54, 1.807) is 18.2 Å². The number of halogens is 1. The molecule has 0 aliphatic rings. The summed E-state index contributed by atoms with van der Waals surface area (Å²) in [7, 11) is 0. The van der Waals surface area contributed by atoms with Gasteiger partial charge in [-0.25, -0.2) is 9.78 Å². The number of nitrogens with one attached hydrogen (secondary N) is 1. The predicted molar refractivity (Wildman–Crippen MR) is 103 cm³/mol. The maximum absolute atomic E-state index is 11.7. The van der Waals surface area contributed by atoms with Crippen LogP contribution in [-0.2, 0) is 0 Å². The second-order valence-electron chi connectivity index (χ2n) is 5.82. The van der Waals surface area contributed by atoms with Crippen LogP contribution in [0.4, 0.5) is 5.69 Å². The van der Waals surface area contributed by atoms with Crippen molar-refractivity contribution in [2.75, 3.05) is 18.5 Å². The molecule has 0 radical (unpaired) electrons. The number of hydrogen-bond donors (Lipinski definition) is 4. The van der Waals surface area contributed by atoms with E-state index in [0.717, 1.165) is 15.7 Å². The zero-order chi connectivity index (χ0) is 18.7. The molecule has 2 aromatic carbocycles. The Hall–Kier alpha value is -2.48. The summed E-state index contributed by atoms with van der Waals surface area (Å²) >= 11 is 3.36. The first-order valence-electron chi connectivity index (χ1n) is 7.95. The number of carbonyl (C=O) groups is 1. The van der Waals surface area contributed by atoms with Crippen LogP contribution in [0, 0.1) is 0 Å². The summed E-state index contributed by atoms with van der Waals surface area (Å²) in [5.41, 5.74) is 2.81. The lowest BCUT2D eigenvalue weighted by Gasteiger charge is -2.12. The summed E-state index contributed by atoms with van der Waals surface area (Å²) in [5.74, 6) is -1.02. The minimum absolute atomic E-state index is 0.181. The number of aliphatic hydroxyl groups excluding tert-OH is 2. The third kappa shape index (κ3) is 4.01. The average Bonchev–Trinajstić information content (AvgIpc) is 2.65. The molecule has 0 aliphatic heterocycles. The van der Waals surface area contributed by atoms with Gasteiger partial charge in [-0.1, -0.05) is 28.1 Å². The first-order chi connectivity index (χ1) is 12.5. The fraction of sp³-hybridized carbons (Fsp3) is 0.158. The van der Waals surface area contributed by atoms with Crippen molar-refractivity contribution in [1.82, 2.24) is 4.98 Å². The van der Waals surface area contributed by atoms with Gasteiger partial charge in [-0.2, -0.15) is 0 Å². The molecule has 1 unspecified atom stereocenters. The van der Waals surface area contributed by atoms with Crippen LogP contribution in [0.1, 0.15) is 10.4 Å². The van der Waals surface area contributed by atoms with E-state index in [1.165, 1.54) is 0 Å². The van der Waals surface area contributed by atoms with Gasteiger partial charge in [-0.05, 0) is 36.4 Å². The Balaban J connectivity index is 2.02. The van der Waals surface area contributed by atoms with Crippen molar-refractivity contribution in [2.24, 2.45) is 0 Å². The fourth-order valence-corrected chi connectivity index (χ4v) is 2.97. The molecule has 0 bridgehead atoms. The van der Waals surface area contributed by atoms with Gasteiger partial charge in [0.05, 0.1) is 29.5 Å². The van der Waals surface area contributed by atoms with Crippen molar-refractivity contribution in [2.45, 2.75) is 6.10 Å². The fourth-order valence-electron chi connectivity index (χ4n) is 2.61. The molecular weight excluding hydrogens is 400 g/mol. The van der Waals surface area contributed by atoms with Crippen LogP contribution in [0.25, 0.3) is 22.2 Å². The van der Waals surface area contributed by atoms with Crippen LogP contribution in [0.3, 0.4) is 0 Å². The van der Waals surface area contributed by atoms with E-state index in [-0.39, 0.29) is 18.7 Å². The number of nitrogens with zero attached hydrogens (tertiary/aromatic N) is 1. The second kappa shape index (κ2) is 7.82. The van der Waals surface area contributed by atoms with Gasteiger partial charge >= 0.3 is 5.97 Å². The molecule has 0 saturated carbocycles. The van der Waals surface area contributed by atoms with Gasteiger partial charge < -0.3 is 20.6 Å². The van der Waals surface area contributed by atoms with Crippen molar-refractivity contribution in [3.63, 3.8) is 0 Å². The van der Waals surface area contributed by atoms with Crippen molar-refractivity contribution in [3.8, 4) is 11.3 Å². The molecule has 134 valence electrons. The molecule has 1 atom stereocenters. The largest absolute Gasteiger partial charge is 0.478 e. The summed E-state index contributed by atoms with van der Waals surface area (Å²) in [6.07, 6.45) is -0.852. The van der Waals surface area contributed by atoms with Gasteiger partial charge in [-0.15, -0.1) is 0 Å². The molecule has 0 aliphatic carbocycles. The van der Waals surface area contributed by atoms with Gasteiger partial charge in [0.25, 0.3) is 0 Å². The predicted octanol–water partition coefficient (Wildman–Crippen LogP) is 3.13. The standard InChI is InChI=1S/C19H17BrN2O4/c20-12-4-5-17-15(7-12)16(19(25)26)8-18(22-17)11-2-1-3-13(6-11)21-9-14(24)10-23/h1-8,14,21,23-24H,9-10H2,(H,25,26). The van der Waals surface area contributed by atoms with E-state index in [9.17, 15) is 15.0 Å². The van der Waals surface area contributed by atoms with Crippen molar-refractivity contribution in [1.29, 1.82) is 0 Å². The molecule has 0 fully saturated rings. The van der Waals surface area contributed by atoms with Crippen LogP contribution in [-0.4, -0.2) is 45.5 Å². The van der Waals surface area contributed by atoms with E-state index >= 15 is 0 Å². The van der Waals surface area contributed by atoms with Gasteiger partial charge in [0, 0.05) is 27.7 Å². The van der Waals surface area contributed by atoms with Gasteiger partial charge in [0.2, 0.25) is 0 Å². The number of aromatic nitrogens is 1. The van der Waals surface area contributed by atoms with E-state index in [0.29, 0.717) is 16.6 Å². The van der Waals surface area contributed by atoms with Gasteiger partial charge in [0.15, 0.2) is 0 Å². The number of hydrogen-bond acceptors (Lipinski definition) is 5. The first kappa shape index (κ1) is 18.3. The van der Waals surface area contributed by atoms with Crippen LogP contribution in [0.5, 0.6) is 0 Å². The third-order valence-corrected chi connectivity index (χ3v) is 4.41. The number of anilines is 1. The number of fused-ring (bicyclic) bond motifs is 1. The Labute approximate surface area is 158 Å². The SMILES string of the molecule is O=C(O)c1cc(-c2cccc(NCC(O)CO)c2)nc2ccc(Br)cc12. The van der Waals surface area contributed by atoms with Crippen molar-refractivity contribution < 1.29 is 20.1 Å². The number of carboxylic acids is 1. The number of carboxylic acid groups (broad SMARTS) is 1. The molecule has 1 heterocycles. The number of benzene rings is 2. The molecule has 1 aromatic heterocycles. The smallest absolute Gasteiger partial charge is 0.336 e. The van der Waals surface area contributed by atoms with Crippen LogP contribution in [0.15, 0.2) is 53.0 Å². The molecule has 6 nitrogen and oxygen atoms in total. The molecule has 0 saturated heterocycles. The van der Waals surface area contributed by atoms with Crippen LogP contribution < -0.4 is 5.32 Å². The minimum Gasteiger partial charge on any atom is -0.478 e. The average molecular weight is 417 g/mol. The molecular formula is C19H17BrN2O4. The van der Waals surface area contributed by atoms with E-state index in [1.807, 2.05) is 30.3 Å². The lowest BCUT2D eigenvalue weighted by molar-refractivity contribution is 0.0699. The summed E-state index contributed by atoms with van der Waals surface area (Å²) in [6, 6.07) is 14.2. The lowest BCUT2D eigenvalue weighted by atomic mass is 10.0. The quantitative estimate of drug-likeness (QED) is 0.492. The highest BCUT2D eigenvalue weighted by molar-refractivity contribution is 9.10. The molecule has 26 heavy (non-hydrogen) atoms. The van der Waals surface area contributed by atoms with E-state index < -0.39 is 12.1 Å². The Bertz CT molecular complexity index is 961. The summed E-state index contributed by atoms with van der Waals surface area (Å²) in [4.78, 5) is 16.3. The molecule has 0 amide bonds. The first-order valence-corrected chi connectivity index (χ1v) is 8.74. The maximum atomic E-state index is 11.7. The Morgan fingerprint density at radius 2 is 2.00 bits per heavy atom. The Morgan fingerprint density at radius 3 is 2.73 bits per heavy atom. The van der Waals surface area contributed by atoms with Crippen LogP contribution >= 0.6 is 15.9 Å². The molecule has 3 aromatic rings. The zero-order valence-electron chi connectivity index (χ0n) is 13.7. The van der Waals surface area contributed by atoms with E-state index in [2.05, 4.69) is 26.2 Å². The maximum Gasteiger partial charge on any atom is 0.336 e. The molecule has 0 spiro atoms. The Kier molecular flexibility index (Phi) is 5.51. The highest BCUT2D eigenvalue weighted by atomic mass is 79.9. The number of aromatic carboxylic acids is 1. The normalized spacial score (nSPS) is 12.1. The molecule has 3 rings (SSSR count). The van der Waals surface area contributed by atoms with Gasteiger partial charge in [0.1, 0.15) is 0 Å². The third-order valence-electron chi connectivity index (χ3n) is 3.91. The monoisotopic (exact) mass is 416 g/mol. The molecule has 4 N–H and O–H groups in total. The lowest BCUT2D eigenvalue weighted by Crippen LogP contribution is -2.22. The molecule has 7 heteroatoms. The number of rotatable bonds is 6. The summed E-state index contributed by atoms with van der Waals surface area (Å²) in [5, 5.41) is 31.5. The van der Waals surface area contributed by atoms with Crippen molar-refractivity contribution in [3.05, 3.63) is 58.6 Å². The second-order valence-corrected chi connectivity index (χ2v) is 6.74. The highest BCUT2D eigenvalue weighted by Gasteiger charge is 2.14. The summed E-state index contributed by atoms with van der Waals surface area (Å²) in [6.45, 7) is -0.115. The van der Waals surface area contributed by atoms with Crippen molar-refractivity contribution >= 4 is 38.5 Å². The Morgan fingerprint density at radius 1 is 1.19 bits per heavy atom. The van der Waals surface area contributed by atoms with Crippen LogP contribution in [0.2, 0.25) is 0 Å². The highest BCUT2D eigenvalue weighted by Crippen LogP contribution is 2.28. The van der Waals surface area contributed by atoms with Gasteiger partial charge in [-0.3, -0.25) is 0 Å². The number of aliphatic hydroxyl groups is 2. The minimum atomic E-state index is -1.02. The topological polar surface area (TPSA) is 103 Å². The van der Waals surface area contributed by atoms with E-state index in [4.69, 9.17) is 5.11 Å². The number of pyridine rings is 1. The summed E-state index contributed by atoms with van der Waals surface area (Å²) < 4.78 is 0.788.